The fourth-order valence-corrected chi connectivity index (χ4v) is 4.37. The monoisotopic (exact) mass is 408 g/mol. The summed E-state index contributed by atoms with van der Waals surface area (Å²) >= 11 is 0. The highest BCUT2D eigenvalue weighted by Gasteiger charge is 2.29. The molecular formula is C25H32N2O3. The van der Waals surface area contributed by atoms with Crippen LogP contribution in [-0.2, 0) is 4.79 Å². The van der Waals surface area contributed by atoms with Crippen molar-refractivity contribution >= 4 is 5.91 Å². The lowest BCUT2D eigenvalue weighted by Gasteiger charge is -2.26. The van der Waals surface area contributed by atoms with E-state index in [1.807, 2.05) is 13.0 Å². The third-order valence-corrected chi connectivity index (χ3v) is 6.28. The summed E-state index contributed by atoms with van der Waals surface area (Å²) in [5, 5.41) is 3.17. The van der Waals surface area contributed by atoms with Crippen molar-refractivity contribution in [3.63, 3.8) is 0 Å². The molecule has 0 bridgehead atoms. The second-order valence-corrected chi connectivity index (χ2v) is 8.52. The van der Waals surface area contributed by atoms with Crippen LogP contribution in [0.3, 0.4) is 0 Å². The Bertz CT molecular complexity index is 911. The van der Waals surface area contributed by atoms with Gasteiger partial charge in [0.2, 0.25) is 5.91 Å². The molecule has 2 aromatic rings. The fraction of sp³-hybridized carbons (Fsp3) is 0.480. The Kier molecular flexibility index (Phi) is 6.28. The first-order valence-corrected chi connectivity index (χ1v) is 11.0. The number of rotatable bonds is 5. The van der Waals surface area contributed by atoms with E-state index in [0.717, 1.165) is 42.9 Å². The van der Waals surface area contributed by atoms with Gasteiger partial charge >= 0.3 is 0 Å². The van der Waals surface area contributed by atoms with Crippen molar-refractivity contribution in [3.8, 4) is 11.5 Å². The summed E-state index contributed by atoms with van der Waals surface area (Å²) in [5.74, 6) is 1.72. The molecule has 5 nitrogen and oxygen atoms in total. The van der Waals surface area contributed by atoms with Crippen molar-refractivity contribution < 1.29 is 14.3 Å². The zero-order chi connectivity index (χ0) is 21.1. The quantitative estimate of drug-likeness (QED) is 0.793. The smallest absolute Gasteiger partial charge is 0.234 e. The SMILES string of the molecule is Cc1ccc(C(C)NC(=O)CN2CCCC2c2ccc3c(c2)OCCCO3)cc1C. The molecule has 1 N–H and O–H groups in total. The number of hydrogen-bond donors (Lipinski definition) is 1. The molecule has 0 saturated carbocycles. The van der Waals surface area contributed by atoms with Crippen LogP contribution in [0.2, 0.25) is 0 Å². The molecule has 0 aromatic heterocycles. The Morgan fingerprint density at radius 1 is 1.07 bits per heavy atom. The predicted molar refractivity (Wildman–Crippen MR) is 118 cm³/mol. The van der Waals surface area contributed by atoms with E-state index in [-0.39, 0.29) is 18.0 Å². The molecule has 1 amide bonds. The van der Waals surface area contributed by atoms with Crippen molar-refractivity contribution in [1.29, 1.82) is 0 Å². The Hall–Kier alpha value is -2.53. The molecule has 2 unspecified atom stereocenters. The van der Waals surface area contributed by atoms with Gasteiger partial charge in [-0.15, -0.1) is 0 Å². The first-order chi connectivity index (χ1) is 14.5. The zero-order valence-electron chi connectivity index (χ0n) is 18.2. The molecule has 1 saturated heterocycles. The van der Waals surface area contributed by atoms with Crippen molar-refractivity contribution in [2.45, 2.75) is 52.1 Å². The summed E-state index contributed by atoms with van der Waals surface area (Å²) in [7, 11) is 0. The first kappa shape index (κ1) is 20.7. The van der Waals surface area contributed by atoms with E-state index in [9.17, 15) is 4.79 Å². The van der Waals surface area contributed by atoms with E-state index >= 15 is 0 Å². The number of benzene rings is 2. The maximum absolute atomic E-state index is 12.8. The standard InChI is InChI=1S/C25H32N2O3/c1-17-7-8-20(14-18(17)2)19(3)26-25(28)16-27-11-4-6-22(27)21-9-10-23-24(15-21)30-13-5-12-29-23/h7-10,14-15,19,22H,4-6,11-13,16H2,1-3H3,(H,26,28). The maximum atomic E-state index is 12.8. The summed E-state index contributed by atoms with van der Waals surface area (Å²) in [6, 6.07) is 12.8. The van der Waals surface area contributed by atoms with Crippen molar-refractivity contribution in [3.05, 3.63) is 58.7 Å². The number of hydrogen-bond acceptors (Lipinski definition) is 4. The van der Waals surface area contributed by atoms with Gasteiger partial charge in [-0.25, -0.2) is 0 Å². The summed E-state index contributed by atoms with van der Waals surface area (Å²) in [6.45, 7) is 8.99. The number of aryl methyl sites for hydroxylation is 2. The molecule has 0 radical (unpaired) electrons. The lowest BCUT2D eigenvalue weighted by Crippen LogP contribution is -2.38. The number of carbonyl (C=O) groups excluding carboxylic acids is 1. The molecule has 2 atom stereocenters. The van der Waals surface area contributed by atoms with Crippen LogP contribution in [0.5, 0.6) is 11.5 Å². The predicted octanol–water partition coefficient (Wildman–Crippen LogP) is 4.48. The zero-order valence-corrected chi connectivity index (χ0v) is 18.2. The molecule has 5 heteroatoms. The summed E-state index contributed by atoms with van der Waals surface area (Å²) in [4.78, 5) is 15.1. The molecule has 1 fully saturated rings. The lowest BCUT2D eigenvalue weighted by atomic mass is 10.0. The Balaban J connectivity index is 1.40. The molecule has 2 heterocycles. The third-order valence-electron chi connectivity index (χ3n) is 6.28. The Morgan fingerprint density at radius 2 is 1.87 bits per heavy atom. The van der Waals surface area contributed by atoms with Gasteiger partial charge in [-0.1, -0.05) is 24.3 Å². The van der Waals surface area contributed by atoms with Gasteiger partial charge in [-0.2, -0.15) is 0 Å². The van der Waals surface area contributed by atoms with Gasteiger partial charge in [0.25, 0.3) is 0 Å². The van der Waals surface area contributed by atoms with Crippen molar-refractivity contribution in [1.82, 2.24) is 10.2 Å². The average molecular weight is 409 g/mol. The van der Waals surface area contributed by atoms with Crippen LogP contribution >= 0.6 is 0 Å². The van der Waals surface area contributed by atoms with Crippen LogP contribution < -0.4 is 14.8 Å². The second-order valence-electron chi connectivity index (χ2n) is 8.52. The van der Waals surface area contributed by atoms with Crippen LogP contribution in [-0.4, -0.2) is 37.1 Å². The number of amides is 1. The van der Waals surface area contributed by atoms with Gasteiger partial charge in [0, 0.05) is 12.5 Å². The average Bonchev–Trinajstić information content (AvgIpc) is 3.05. The molecule has 2 aliphatic rings. The van der Waals surface area contributed by atoms with E-state index < -0.39 is 0 Å². The van der Waals surface area contributed by atoms with Crippen LogP contribution in [0, 0.1) is 13.8 Å². The third kappa shape index (κ3) is 4.62. The minimum Gasteiger partial charge on any atom is -0.490 e. The van der Waals surface area contributed by atoms with E-state index in [1.54, 1.807) is 0 Å². The number of nitrogens with zero attached hydrogens (tertiary/aromatic N) is 1. The molecular weight excluding hydrogens is 376 g/mol. The van der Waals surface area contributed by atoms with Gasteiger partial charge in [0.05, 0.1) is 25.8 Å². The minimum atomic E-state index is -0.00380. The van der Waals surface area contributed by atoms with Crippen LogP contribution in [0.15, 0.2) is 36.4 Å². The summed E-state index contributed by atoms with van der Waals surface area (Å²) in [6.07, 6.45) is 3.05. The Labute approximate surface area is 179 Å². The fourth-order valence-electron chi connectivity index (χ4n) is 4.37. The Morgan fingerprint density at radius 3 is 2.67 bits per heavy atom. The number of nitrogens with one attached hydrogen (secondary N) is 1. The molecule has 2 aliphatic heterocycles. The van der Waals surface area contributed by atoms with Crippen molar-refractivity contribution in [2.75, 3.05) is 26.3 Å². The van der Waals surface area contributed by atoms with Gasteiger partial charge in [-0.05, 0) is 74.5 Å². The topological polar surface area (TPSA) is 50.8 Å². The van der Waals surface area contributed by atoms with Gasteiger partial charge in [-0.3, -0.25) is 9.69 Å². The number of fused-ring (bicyclic) bond motifs is 1. The normalized spacial score (nSPS) is 19.9. The summed E-state index contributed by atoms with van der Waals surface area (Å²) < 4.78 is 11.6. The van der Waals surface area contributed by atoms with Crippen molar-refractivity contribution in [2.24, 2.45) is 0 Å². The molecule has 2 aromatic carbocycles. The number of likely N-dealkylation sites (tertiary alicyclic amines) is 1. The highest BCUT2D eigenvalue weighted by atomic mass is 16.5. The lowest BCUT2D eigenvalue weighted by molar-refractivity contribution is -0.123. The van der Waals surface area contributed by atoms with Crippen LogP contribution in [0.25, 0.3) is 0 Å². The summed E-state index contributed by atoms with van der Waals surface area (Å²) in [5.41, 5.74) is 4.87. The number of ether oxygens (including phenoxy) is 2. The largest absolute Gasteiger partial charge is 0.490 e. The van der Waals surface area contributed by atoms with Gasteiger partial charge in [0.1, 0.15) is 0 Å². The molecule has 30 heavy (non-hydrogen) atoms. The van der Waals surface area contributed by atoms with Gasteiger partial charge in [0.15, 0.2) is 11.5 Å². The minimum absolute atomic E-state index is 0.00380. The van der Waals surface area contributed by atoms with Crippen LogP contribution in [0.1, 0.15) is 60.5 Å². The number of carbonyl (C=O) groups is 1. The van der Waals surface area contributed by atoms with Crippen LogP contribution in [0.4, 0.5) is 0 Å². The van der Waals surface area contributed by atoms with Gasteiger partial charge < -0.3 is 14.8 Å². The second kappa shape index (κ2) is 9.09. The molecule has 0 spiro atoms. The first-order valence-electron chi connectivity index (χ1n) is 11.0. The van der Waals surface area contributed by atoms with E-state index in [0.29, 0.717) is 19.8 Å². The van der Waals surface area contributed by atoms with E-state index in [1.165, 1.54) is 16.7 Å². The maximum Gasteiger partial charge on any atom is 0.234 e. The molecule has 160 valence electrons. The molecule has 4 rings (SSSR count). The highest BCUT2D eigenvalue weighted by molar-refractivity contribution is 5.78. The van der Waals surface area contributed by atoms with E-state index in [2.05, 4.69) is 54.4 Å². The van der Waals surface area contributed by atoms with E-state index in [4.69, 9.17) is 9.47 Å². The molecule has 0 aliphatic carbocycles. The highest BCUT2D eigenvalue weighted by Crippen LogP contribution is 2.37.